The lowest BCUT2D eigenvalue weighted by molar-refractivity contribution is -0.131. The maximum Gasteiger partial charge on any atom is 0.224 e. The van der Waals surface area contributed by atoms with Gasteiger partial charge in [0.25, 0.3) is 0 Å². The van der Waals surface area contributed by atoms with Crippen molar-refractivity contribution in [2.75, 3.05) is 20.2 Å². The molecule has 0 heterocycles. The topological polar surface area (TPSA) is 29.5 Å². The molecule has 1 aliphatic carbocycles. The van der Waals surface area contributed by atoms with E-state index in [2.05, 4.69) is 0 Å². The average Bonchev–Trinajstić information content (AvgIpc) is 2.29. The van der Waals surface area contributed by atoms with Gasteiger partial charge < -0.3 is 9.64 Å². The van der Waals surface area contributed by atoms with Crippen molar-refractivity contribution >= 4 is 5.91 Å². The molecule has 1 rings (SSSR count). The molecule has 0 spiro atoms. The van der Waals surface area contributed by atoms with Crippen LogP contribution in [-0.4, -0.2) is 37.1 Å². The summed E-state index contributed by atoms with van der Waals surface area (Å²) in [6.07, 6.45) is 7.22. The molecule has 0 radical (unpaired) electrons. The van der Waals surface area contributed by atoms with Crippen LogP contribution in [0.1, 0.15) is 45.4 Å². The van der Waals surface area contributed by atoms with E-state index in [4.69, 9.17) is 4.74 Å². The van der Waals surface area contributed by atoms with E-state index >= 15 is 0 Å². The van der Waals surface area contributed by atoms with Crippen LogP contribution in [0.25, 0.3) is 0 Å². The Morgan fingerprint density at radius 1 is 1.33 bits per heavy atom. The summed E-state index contributed by atoms with van der Waals surface area (Å²) < 4.78 is 5.70. The van der Waals surface area contributed by atoms with Crippen molar-refractivity contribution in [3.63, 3.8) is 0 Å². The number of carbonyl (C=O) groups is 1. The smallest absolute Gasteiger partial charge is 0.224 e. The van der Waals surface area contributed by atoms with Gasteiger partial charge in [0.05, 0.1) is 19.1 Å². The summed E-state index contributed by atoms with van der Waals surface area (Å²) >= 11 is 0. The van der Waals surface area contributed by atoms with Crippen LogP contribution in [0.5, 0.6) is 0 Å². The molecule has 1 amide bonds. The summed E-state index contributed by atoms with van der Waals surface area (Å²) in [6, 6.07) is 0. The van der Waals surface area contributed by atoms with Crippen molar-refractivity contribution in [3.05, 3.63) is 0 Å². The zero-order chi connectivity index (χ0) is 11.1. The zero-order valence-electron chi connectivity index (χ0n) is 10.00. The van der Waals surface area contributed by atoms with Crippen molar-refractivity contribution in [2.24, 2.45) is 0 Å². The Morgan fingerprint density at radius 2 is 2.00 bits per heavy atom. The van der Waals surface area contributed by atoms with E-state index in [1.807, 2.05) is 14.0 Å². The molecular weight excluding hydrogens is 190 g/mol. The van der Waals surface area contributed by atoms with E-state index in [-0.39, 0.29) is 5.91 Å². The highest BCUT2D eigenvalue weighted by Crippen LogP contribution is 2.20. The molecule has 0 aromatic heterocycles. The van der Waals surface area contributed by atoms with E-state index in [0.717, 1.165) is 6.54 Å². The molecule has 0 aromatic carbocycles. The number of carbonyl (C=O) groups excluding carboxylic acids is 1. The van der Waals surface area contributed by atoms with Gasteiger partial charge in [-0.05, 0) is 19.8 Å². The first kappa shape index (κ1) is 12.5. The van der Waals surface area contributed by atoms with Crippen molar-refractivity contribution in [1.29, 1.82) is 0 Å². The fourth-order valence-corrected chi connectivity index (χ4v) is 1.91. The first-order chi connectivity index (χ1) is 7.24. The maximum absolute atomic E-state index is 11.5. The quantitative estimate of drug-likeness (QED) is 0.700. The van der Waals surface area contributed by atoms with Crippen molar-refractivity contribution < 1.29 is 9.53 Å². The van der Waals surface area contributed by atoms with Gasteiger partial charge in [-0.2, -0.15) is 0 Å². The van der Waals surface area contributed by atoms with Gasteiger partial charge in [0.1, 0.15) is 0 Å². The summed E-state index contributed by atoms with van der Waals surface area (Å²) in [5.74, 6) is 0.188. The summed E-state index contributed by atoms with van der Waals surface area (Å²) in [7, 11) is 1.84. The predicted molar refractivity (Wildman–Crippen MR) is 60.8 cm³/mol. The molecule has 0 atom stereocenters. The molecule has 15 heavy (non-hydrogen) atoms. The second kappa shape index (κ2) is 6.83. The van der Waals surface area contributed by atoms with Crippen LogP contribution in [0.2, 0.25) is 0 Å². The highest BCUT2D eigenvalue weighted by Gasteiger charge is 2.14. The summed E-state index contributed by atoms with van der Waals surface area (Å²) in [6.45, 7) is 3.36. The highest BCUT2D eigenvalue weighted by atomic mass is 16.5. The Bertz CT molecular complexity index is 188. The van der Waals surface area contributed by atoms with Gasteiger partial charge in [-0.3, -0.25) is 4.79 Å². The lowest BCUT2D eigenvalue weighted by atomic mass is 9.98. The Balaban J connectivity index is 2.07. The minimum Gasteiger partial charge on any atom is -0.378 e. The largest absolute Gasteiger partial charge is 0.378 e. The van der Waals surface area contributed by atoms with Crippen molar-refractivity contribution in [3.8, 4) is 0 Å². The van der Waals surface area contributed by atoms with Crippen LogP contribution in [0.4, 0.5) is 0 Å². The Kier molecular flexibility index (Phi) is 5.69. The first-order valence-electron chi connectivity index (χ1n) is 6.09. The zero-order valence-corrected chi connectivity index (χ0v) is 10.00. The molecule has 1 fully saturated rings. The van der Waals surface area contributed by atoms with Crippen LogP contribution in [0.3, 0.4) is 0 Å². The highest BCUT2D eigenvalue weighted by molar-refractivity contribution is 5.75. The molecule has 1 aliphatic rings. The van der Waals surface area contributed by atoms with Crippen LogP contribution in [-0.2, 0) is 9.53 Å². The number of hydrogen-bond donors (Lipinski definition) is 0. The molecule has 0 saturated heterocycles. The van der Waals surface area contributed by atoms with Crippen LogP contribution >= 0.6 is 0 Å². The lowest BCUT2D eigenvalue weighted by Crippen LogP contribution is -2.28. The number of nitrogens with zero attached hydrogens (tertiary/aromatic N) is 1. The minimum atomic E-state index is 0.188. The third-order valence-corrected chi connectivity index (χ3v) is 3.12. The van der Waals surface area contributed by atoms with Gasteiger partial charge in [-0.25, -0.2) is 0 Å². The third kappa shape index (κ3) is 4.65. The van der Waals surface area contributed by atoms with E-state index < -0.39 is 0 Å². The molecule has 3 nitrogen and oxygen atoms in total. The fraction of sp³-hybridized carbons (Fsp3) is 0.917. The minimum absolute atomic E-state index is 0.188. The molecule has 0 aromatic rings. The lowest BCUT2D eigenvalue weighted by Gasteiger charge is -2.22. The Labute approximate surface area is 92.8 Å². The summed E-state index contributed by atoms with van der Waals surface area (Å²) in [5.41, 5.74) is 0. The van der Waals surface area contributed by atoms with Crippen molar-refractivity contribution in [2.45, 2.75) is 51.6 Å². The summed E-state index contributed by atoms with van der Waals surface area (Å²) in [4.78, 5) is 13.2. The molecule has 0 bridgehead atoms. The molecule has 0 N–H and O–H groups in total. The SMILES string of the molecule is CCN(C)C(=O)CCOC1CCCCC1. The van der Waals surface area contributed by atoms with E-state index in [1.165, 1.54) is 32.1 Å². The molecule has 0 aliphatic heterocycles. The number of rotatable bonds is 5. The van der Waals surface area contributed by atoms with E-state index in [0.29, 0.717) is 19.1 Å². The average molecular weight is 213 g/mol. The molecule has 88 valence electrons. The monoisotopic (exact) mass is 213 g/mol. The Hall–Kier alpha value is -0.570. The second-order valence-corrected chi connectivity index (χ2v) is 4.29. The molecule has 0 unspecified atom stereocenters. The van der Waals surface area contributed by atoms with Crippen LogP contribution in [0, 0.1) is 0 Å². The molecule has 1 saturated carbocycles. The normalized spacial score (nSPS) is 17.7. The van der Waals surface area contributed by atoms with Crippen molar-refractivity contribution in [1.82, 2.24) is 4.90 Å². The summed E-state index contributed by atoms with van der Waals surface area (Å²) in [5, 5.41) is 0. The van der Waals surface area contributed by atoms with E-state index in [9.17, 15) is 4.79 Å². The van der Waals surface area contributed by atoms with Crippen LogP contribution in [0.15, 0.2) is 0 Å². The second-order valence-electron chi connectivity index (χ2n) is 4.29. The van der Waals surface area contributed by atoms with Gasteiger partial charge in [0.15, 0.2) is 0 Å². The Morgan fingerprint density at radius 3 is 2.60 bits per heavy atom. The number of amides is 1. The third-order valence-electron chi connectivity index (χ3n) is 3.12. The van der Waals surface area contributed by atoms with Gasteiger partial charge in [0, 0.05) is 13.6 Å². The standard InChI is InChI=1S/C12H23NO2/c1-3-13(2)12(14)9-10-15-11-7-5-4-6-8-11/h11H,3-10H2,1-2H3. The maximum atomic E-state index is 11.5. The predicted octanol–water partition coefficient (Wildman–Crippen LogP) is 2.20. The van der Waals surface area contributed by atoms with Crippen LogP contribution < -0.4 is 0 Å². The van der Waals surface area contributed by atoms with E-state index in [1.54, 1.807) is 4.90 Å². The number of ether oxygens (including phenoxy) is 1. The van der Waals surface area contributed by atoms with Gasteiger partial charge in [-0.1, -0.05) is 19.3 Å². The van der Waals surface area contributed by atoms with Gasteiger partial charge in [0.2, 0.25) is 5.91 Å². The molecular formula is C12H23NO2. The fourth-order valence-electron chi connectivity index (χ4n) is 1.91. The first-order valence-corrected chi connectivity index (χ1v) is 6.09. The van der Waals surface area contributed by atoms with Gasteiger partial charge >= 0.3 is 0 Å². The van der Waals surface area contributed by atoms with Gasteiger partial charge in [-0.15, -0.1) is 0 Å². The number of hydrogen-bond acceptors (Lipinski definition) is 2. The molecule has 3 heteroatoms.